The number of hydrogen-bond donors (Lipinski definition) is 1. The normalized spacial score (nSPS) is 9.95. The van der Waals surface area contributed by atoms with Crippen molar-refractivity contribution in [3.63, 3.8) is 0 Å². The Morgan fingerprint density at radius 3 is 2.79 bits per heavy atom. The second-order valence-electron chi connectivity index (χ2n) is 4.12. The summed E-state index contributed by atoms with van der Waals surface area (Å²) in [5.41, 5.74) is 1.64. The Kier molecular flexibility index (Phi) is 3.62. The minimum atomic E-state index is -0.234. The van der Waals surface area contributed by atoms with Gasteiger partial charge >= 0.3 is 0 Å². The largest absolute Gasteiger partial charge is 0.445 e. The smallest absolute Gasteiger partial charge is 0.232 e. The maximum Gasteiger partial charge on any atom is 0.232 e. The van der Waals surface area contributed by atoms with Crippen molar-refractivity contribution in [1.82, 2.24) is 4.98 Å². The first-order valence-corrected chi connectivity index (χ1v) is 5.82. The molecule has 0 bridgehead atoms. The number of oxazole rings is 1. The number of nitriles is 1. The van der Waals surface area contributed by atoms with Gasteiger partial charge in [-0.05, 0) is 19.1 Å². The molecule has 2 aromatic rings. The summed E-state index contributed by atoms with van der Waals surface area (Å²) in [6.45, 7) is 3.53. The third kappa shape index (κ3) is 2.99. The first-order valence-electron chi connectivity index (χ1n) is 5.82. The van der Waals surface area contributed by atoms with Gasteiger partial charge in [-0.25, -0.2) is 4.98 Å². The van der Waals surface area contributed by atoms with Crippen LogP contribution in [0.15, 0.2) is 28.7 Å². The lowest BCUT2D eigenvalue weighted by atomic mass is 10.2. The van der Waals surface area contributed by atoms with Gasteiger partial charge in [-0.1, -0.05) is 12.1 Å². The Hall–Kier alpha value is -2.61. The van der Waals surface area contributed by atoms with E-state index in [1.54, 1.807) is 38.1 Å². The Morgan fingerprint density at radius 2 is 2.16 bits per heavy atom. The lowest BCUT2D eigenvalue weighted by Crippen LogP contribution is -2.15. The third-order valence-corrected chi connectivity index (χ3v) is 2.64. The number of carbonyl (C=O) groups excluding carboxylic acids is 1. The van der Waals surface area contributed by atoms with E-state index in [0.717, 1.165) is 0 Å². The fourth-order valence-electron chi connectivity index (χ4n) is 1.77. The van der Waals surface area contributed by atoms with Crippen molar-refractivity contribution in [2.45, 2.75) is 20.3 Å². The zero-order valence-corrected chi connectivity index (χ0v) is 10.7. The molecule has 0 aliphatic rings. The average molecular weight is 255 g/mol. The van der Waals surface area contributed by atoms with Crippen molar-refractivity contribution in [2.75, 3.05) is 5.32 Å². The molecule has 2 rings (SSSR count). The predicted molar refractivity (Wildman–Crippen MR) is 69.5 cm³/mol. The Morgan fingerprint density at radius 1 is 1.42 bits per heavy atom. The van der Waals surface area contributed by atoms with Crippen LogP contribution in [0.1, 0.15) is 22.9 Å². The van der Waals surface area contributed by atoms with Crippen LogP contribution in [0.4, 0.5) is 5.69 Å². The molecule has 1 aromatic heterocycles. The van der Waals surface area contributed by atoms with Gasteiger partial charge in [0, 0.05) is 6.92 Å². The second-order valence-corrected chi connectivity index (χ2v) is 4.12. The molecule has 0 fully saturated rings. The van der Waals surface area contributed by atoms with Crippen LogP contribution >= 0.6 is 0 Å². The van der Waals surface area contributed by atoms with Crippen molar-refractivity contribution in [3.8, 4) is 6.07 Å². The van der Waals surface area contributed by atoms with Crippen LogP contribution in [0.3, 0.4) is 0 Å². The number of nitrogens with one attached hydrogen (secondary N) is 1. The van der Waals surface area contributed by atoms with Crippen LogP contribution < -0.4 is 5.32 Å². The summed E-state index contributed by atoms with van der Waals surface area (Å²) in [5.74, 6) is 0.851. The Labute approximate surface area is 110 Å². The SMILES string of the molecule is Cc1nc(C)c(CC(=O)Nc2ccccc2C#N)o1. The molecule has 0 saturated carbocycles. The molecular formula is C14H13N3O2. The number of para-hydroxylation sites is 1. The van der Waals surface area contributed by atoms with Crippen LogP contribution in [0, 0.1) is 25.2 Å². The number of carbonyl (C=O) groups is 1. The van der Waals surface area contributed by atoms with Gasteiger partial charge in [-0.3, -0.25) is 4.79 Å². The van der Waals surface area contributed by atoms with Gasteiger partial charge in [0.1, 0.15) is 11.8 Å². The van der Waals surface area contributed by atoms with E-state index in [1.165, 1.54) is 0 Å². The second kappa shape index (κ2) is 5.36. The Bertz CT molecular complexity index is 653. The number of hydrogen-bond acceptors (Lipinski definition) is 4. The molecule has 0 spiro atoms. The summed E-state index contributed by atoms with van der Waals surface area (Å²) in [7, 11) is 0. The number of rotatable bonds is 3. The summed E-state index contributed by atoms with van der Waals surface area (Å²) in [6.07, 6.45) is 0.104. The first kappa shape index (κ1) is 12.8. The molecule has 0 radical (unpaired) electrons. The van der Waals surface area contributed by atoms with Crippen LogP contribution in [-0.2, 0) is 11.2 Å². The van der Waals surface area contributed by atoms with E-state index in [0.29, 0.717) is 28.6 Å². The number of aryl methyl sites for hydroxylation is 2. The molecule has 0 unspecified atom stereocenters. The number of benzene rings is 1. The van der Waals surface area contributed by atoms with Crippen molar-refractivity contribution < 1.29 is 9.21 Å². The number of anilines is 1. The van der Waals surface area contributed by atoms with Gasteiger partial charge in [-0.15, -0.1) is 0 Å². The topological polar surface area (TPSA) is 78.9 Å². The highest BCUT2D eigenvalue weighted by atomic mass is 16.4. The molecule has 5 heteroatoms. The molecule has 1 heterocycles. The average Bonchev–Trinajstić information content (AvgIpc) is 2.68. The van der Waals surface area contributed by atoms with Gasteiger partial charge in [-0.2, -0.15) is 5.26 Å². The van der Waals surface area contributed by atoms with Crippen molar-refractivity contribution >= 4 is 11.6 Å². The Balaban J connectivity index is 2.10. The molecule has 5 nitrogen and oxygen atoms in total. The van der Waals surface area contributed by atoms with Gasteiger partial charge in [0.2, 0.25) is 5.91 Å². The number of aromatic nitrogens is 1. The molecule has 19 heavy (non-hydrogen) atoms. The molecule has 0 saturated heterocycles. The van der Waals surface area contributed by atoms with Crippen LogP contribution in [0.5, 0.6) is 0 Å². The van der Waals surface area contributed by atoms with E-state index < -0.39 is 0 Å². The minimum absolute atomic E-state index is 0.104. The maximum absolute atomic E-state index is 11.9. The predicted octanol–water partition coefficient (Wildman–Crippen LogP) is 2.34. The highest BCUT2D eigenvalue weighted by molar-refractivity contribution is 5.93. The fourth-order valence-corrected chi connectivity index (χ4v) is 1.77. The zero-order chi connectivity index (χ0) is 13.8. The zero-order valence-electron chi connectivity index (χ0n) is 10.7. The van der Waals surface area contributed by atoms with E-state index in [1.807, 2.05) is 6.07 Å². The lowest BCUT2D eigenvalue weighted by molar-refractivity contribution is -0.115. The van der Waals surface area contributed by atoms with Crippen LogP contribution in [0.2, 0.25) is 0 Å². The quantitative estimate of drug-likeness (QED) is 0.913. The van der Waals surface area contributed by atoms with Crippen LogP contribution in [0.25, 0.3) is 0 Å². The summed E-state index contributed by atoms with van der Waals surface area (Å²) >= 11 is 0. The van der Waals surface area contributed by atoms with Gasteiger partial charge < -0.3 is 9.73 Å². The summed E-state index contributed by atoms with van der Waals surface area (Å²) in [5, 5.41) is 11.6. The van der Waals surface area contributed by atoms with Crippen molar-refractivity contribution in [3.05, 3.63) is 47.2 Å². The van der Waals surface area contributed by atoms with Gasteiger partial charge in [0.25, 0.3) is 0 Å². The molecule has 1 amide bonds. The molecular weight excluding hydrogens is 242 g/mol. The van der Waals surface area contributed by atoms with Crippen molar-refractivity contribution in [2.24, 2.45) is 0 Å². The van der Waals surface area contributed by atoms with E-state index in [4.69, 9.17) is 9.68 Å². The molecule has 1 N–H and O–H groups in total. The number of amides is 1. The highest BCUT2D eigenvalue weighted by Crippen LogP contribution is 2.15. The molecule has 0 aliphatic heterocycles. The number of nitrogens with zero attached hydrogens (tertiary/aromatic N) is 2. The monoisotopic (exact) mass is 255 g/mol. The first-order chi connectivity index (χ1) is 9.10. The summed E-state index contributed by atoms with van der Waals surface area (Å²) in [4.78, 5) is 16.0. The maximum atomic E-state index is 11.9. The molecule has 0 aliphatic carbocycles. The molecule has 1 aromatic carbocycles. The minimum Gasteiger partial charge on any atom is -0.445 e. The summed E-state index contributed by atoms with van der Waals surface area (Å²) in [6, 6.07) is 8.88. The van der Waals surface area contributed by atoms with E-state index >= 15 is 0 Å². The van der Waals surface area contributed by atoms with Crippen molar-refractivity contribution in [1.29, 1.82) is 5.26 Å². The van der Waals surface area contributed by atoms with E-state index in [2.05, 4.69) is 10.3 Å². The van der Waals surface area contributed by atoms with E-state index in [-0.39, 0.29) is 12.3 Å². The highest BCUT2D eigenvalue weighted by Gasteiger charge is 2.13. The lowest BCUT2D eigenvalue weighted by Gasteiger charge is -2.05. The van der Waals surface area contributed by atoms with Crippen LogP contribution in [-0.4, -0.2) is 10.9 Å². The van der Waals surface area contributed by atoms with Gasteiger partial charge in [0.05, 0.1) is 23.4 Å². The molecule has 96 valence electrons. The molecule has 0 atom stereocenters. The standard InChI is InChI=1S/C14H13N3O2/c1-9-13(19-10(2)16-9)7-14(18)17-12-6-4-3-5-11(12)8-15/h3-6H,7H2,1-2H3,(H,17,18). The fraction of sp³-hybridized carbons (Fsp3) is 0.214. The third-order valence-electron chi connectivity index (χ3n) is 2.64. The van der Waals surface area contributed by atoms with Gasteiger partial charge in [0.15, 0.2) is 5.89 Å². The summed E-state index contributed by atoms with van der Waals surface area (Å²) < 4.78 is 5.34. The van der Waals surface area contributed by atoms with E-state index in [9.17, 15) is 4.79 Å².